The molecule has 1 N–H and O–H groups in total. The molecule has 0 unspecified atom stereocenters. The van der Waals surface area contributed by atoms with Crippen molar-refractivity contribution < 1.29 is 4.79 Å². The summed E-state index contributed by atoms with van der Waals surface area (Å²) in [4.78, 5) is 12.5. The molecule has 0 saturated carbocycles. The summed E-state index contributed by atoms with van der Waals surface area (Å²) in [7, 11) is 0. The van der Waals surface area contributed by atoms with E-state index in [9.17, 15) is 4.79 Å². The van der Waals surface area contributed by atoms with Crippen LogP contribution in [0.15, 0.2) is 24.3 Å². The number of carbonyl (C=O) groups is 1. The highest BCUT2D eigenvalue weighted by Crippen LogP contribution is 2.18. The van der Waals surface area contributed by atoms with Gasteiger partial charge < -0.3 is 5.32 Å². The van der Waals surface area contributed by atoms with E-state index in [1.54, 1.807) is 0 Å². The van der Waals surface area contributed by atoms with E-state index < -0.39 is 0 Å². The molecule has 1 aliphatic heterocycles. The molecule has 0 fully saturated rings. The van der Waals surface area contributed by atoms with Crippen LogP contribution in [-0.4, -0.2) is 15.6 Å². The molecule has 1 aromatic carbocycles. The highest BCUT2D eigenvalue weighted by atomic mass is 16.1. The van der Waals surface area contributed by atoms with Crippen LogP contribution in [0.25, 0.3) is 0 Å². The van der Waals surface area contributed by atoms with Gasteiger partial charge in [0.2, 0.25) is 0 Å². The van der Waals surface area contributed by atoms with Crippen molar-refractivity contribution in [2.75, 3.05) is 0 Å². The second-order valence-electron chi connectivity index (χ2n) is 5.48. The minimum absolute atomic E-state index is 0.168. The largest absolute Gasteiger partial charge is 0.309 e. The zero-order valence-corrected chi connectivity index (χ0v) is 12.6. The number of hydrogen-bond donors (Lipinski definition) is 1. The van der Waals surface area contributed by atoms with E-state index >= 15 is 0 Å². The number of carbonyl (C=O) groups excluding carboxylic acids is 1. The molecule has 2 aromatic rings. The molecule has 110 valence electrons. The first-order valence-corrected chi connectivity index (χ1v) is 7.62. The van der Waals surface area contributed by atoms with E-state index in [4.69, 9.17) is 0 Å². The maximum absolute atomic E-state index is 12.5. The summed E-state index contributed by atoms with van der Waals surface area (Å²) in [5.74, 6) is 0.168. The van der Waals surface area contributed by atoms with Crippen molar-refractivity contribution in [2.45, 2.75) is 46.3 Å². The Morgan fingerprint density at radius 1 is 1.24 bits per heavy atom. The van der Waals surface area contributed by atoms with Crippen LogP contribution in [0.1, 0.15) is 46.7 Å². The molecule has 0 aliphatic carbocycles. The molecular weight excluding hydrogens is 262 g/mol. The lowest BCUT2D eigenvalue weighted by Gasteiger charge is -2.06. The lowest BCUT2D eigenvalue weighted by molar-refractivity contribution is 0.0990. The minimum Gasteiger partial charge on any atom is -0.309 e. The van der Waals surface area contributed by atoms with Gasteiger partial charge in [0.15, 0.2) is 5.78 Å². The van der Waals surface area contributed by atoms with Crippen molar-refractivity contribution in [3.63, 3.8) is 0 Å². The van der Waals surface area contributed by atoms with Crippen molar-refractivity contribution in [1.29, 1.82) is 0 Å². The van der Waals surface area contributed by atoms with Crippen molar-refractivity contribution in [3.05, 3.63) is 52.3 Å². The summed E-state index contributed by atoms with van der Waals surface area (Å²) in [6, 6.07) is 8.10. The number of nitrogens with zero attached hydrogens (tertiary/aromatic N) is 2. The number of aromatic nitrogens is 2. The van der Waals surface area contributed by atoms with Gasteiger partial charge in [-0.3, -0.25) is 9.48 Å². The average Bonchev–Trinajstić information content (AvgIpc) is 3.12. The summed E-state index contributed by atoms with van der Waals surface area (Å²) < 4.78 is 1.94. The van der Waals surface area contributed by atoms with Crippen LogP contribution in [0.4, 0.5) is 0 Å². The third-order valence-corrected chi connectivity index (χ3v) is 4.08. The van der Waals surface area contributed by atoms with E-state index in [1.807, 2.05) is 16.8 Å². The van der Waals surface area contributed by atoms with Crippen molar-refractivity contribution in [1.82, 2.24) is 15.1 Å². The molecule has 4 nitrogen and oxygen atoms in total. The van der Waals surface area contributed by atoms with Gasteiger partial charge in [-0.15, -0.1) is 0 Å². The first-order valence-electron chi connectivity index (χ1n) is 7.62. The van der Waals surface area contributed by atoms with E-state index in [-0.39, 0.29) is 5.78 Å². The highest BCUT2D eigenvalue weighted by Gasteiger charge is 2.16. The Labute approximate surface area is 125 Å². The Balaban J connectivity index is 1.81. The molecule has 0 atom stereocenters. The van der Waals surface area contributed by atoms with E-state index in [1.165, 1.54) is 11.1 Å². The molecule has 0 spiro atoms. The van der Waals surface area contributed by atoms with Gasteiger partial charge in [0.25, 0.3) is 0 Å². The van der Waals surface area contributed by atoms with Gasteiger partial charge in [-0.25, -0.2) is 0 Å². The number of nitrogens with one attached hydrogen (secondary N) is 1. The number of Topliss-reactive ketones (excluding diaryl/α,β-unsaturated/α-hetero) is 1. The van der Waals surface area contributed by atoms with Gasteiger partial charge in [0, 0.05) is 30.9 Å². The quantitative estimate of drug-likeness (QED) is 0.858. The van der Waals surface area contributed by atoms with Gasteiger partial charge in [-0.1, -0.05) is 19.1 Å². The molecule has 0 radical (unpaired) electrons. The molecule has 1 aliphatic rings. The lowest BCUT2D eigenvalue weighted by atomic mass is 10.0. The molecule has 0 amide bonds. The number of fused-ring (bicyclic) bond motifs is 1. The summed E-state index contributed by atoms with van der Waals surface area (Å²) in [5.41, 5.74) is 5.42. The molecule has 21 heavy (non-hydrogen) atoms. The summed E-state index contributed by atoms with van der Waals surface area (Å²) in [6.07, 6.45) is 1.33. The molecule has 1 aromatic heterocycles. The Bertz CT molecular complexity index is 673. The fourth-order valence-corrected chi connectivity index (χ4v) is 2.84. The second kappa shape index (κ2) is 5.82. The summed E-state index contributed by atoms with van der Waals surface area (Å²) in [6.45, 7) is 6.72. The summed E-state index contributed by atoms with van der Waals surface area (Å²) in [5, 5.41) is 7.81. The Kier molecular flexibility index (Phi) is 3.88. The monoisotopic (exact) mass is 283 g/mol. The van der Waals surface area contributed by atoms with E-state index in [0.29, 0.717) is 6.42 Å². The second-order valence-corrected chi connectivity index (χ2v) is 5.48. The van der Waals surface area contributed by atoms with Crippen LogP contribution < -0.4 is 5.32 Å². The lowest BCUT2D eigenvalue weighted by Crippen LogP contribution is -2.10. The van der Waals surface area contributed by atoms with Crippen molar-refractivity contribution in [3.8, 4) is 0 Å². The maximum atomic E-state index is 12.5. The molecule has 2 heterocycles. The number of hydrogen-bond acceptors (Lipinski definition) is 3. The van der Waals surface area contributed by atoms with Crippen LogP contribution in [0.5, 0.6) is 0 Å². The molecule has 3 rings (SSSR count). The maximum Gasteiger partial charge on any atom is 0.168 e. The fourth-order valence-electron chi connectivity index (χ4n) is 2.84. The van der Waals surface area contributed by atoms with E-state index in [0.717, 1.165) is 43.0 Å². The average molecular weight is 283 g/mol. The van der Waals surface area contributed by atoms with Gasteiger partial charge in [-0.2, -0.15) is 5.10 Å². The van der Waals surface area contributed by atoms with Crippen LogP contribution in [0.2, 0.25) is 0 Å². The van der Waals surface area contributed by atoms with Crippen LogP contribution in [-0.2, 0) is 32.5 Å². The van der Waals surface area contributed by atoms with Gasteiger partial charge in [0.05, 0.1) is 12.1 Å². The van der Waals surface area contributed by atoms with Crippen LogP contribution in [0, 0.1) is 0 Å². The molecular formula is C17H21N3O. The van der Waals surface area contributed by atoms with Crippen LogP contribution in [0.3, 0.4) is 0 Å². The zero-order chi connectivity index (χ0) is 14.8. The highest BCUT2D eigenvalue weighted by molar-refractivity contribution is 5.97. The SMILES string of the molecule is CCc1cc(CC(=O)c2ccc3c(c2)CNC3)n(CC)n1. The Morgan fingerprint density at radius 2 is 2.05 bits per heavy atom. The number of aryl methyl sites for hydroxylation is 2. The molecule has 0 bridgehead atoms. The third kappa shape index (κ3) is 2.76. The normalized spacial score (nSPS) is 13.4. The Morgan fingerprint density at radius 3 is 2.81 bits per heavy atom. The molecule has 0 saturated heterocycles. The van der Waals surface area contributed by atoms with Crippen molar-refractivity contribution in [2.24, 2.45) is 0 Å². The number of ketones is 1. The summed E-state index contributed by atoms with van der Waals surface area (Å²) >= 11 is 0. The van der Waals surface area contributed by atoms with Gasteiger partial charge >= 0.3 is 0 Å². The Hall–Kier alpha value is -1.94. The minimum atomic E-state index is 0.168. The first kappa shape index (κ1) is 14.0. The smallest absolute Gasteiger partial charge is 0.168 e. The topological polar surface area (TPSA) is 46.9 Å². The van der Waals surface area contributed by atoms with Crippen LogP contribution >= 0.6 is 0 Å². The third-order valence-electron chi connectivity index (χ3n) is 4.08. The fraction of sp³-hybridized carbons (Fsp3) is 0.412. The first-order chi connectivity index (χ1) is 10.2. The number of rotatable bonds is 5. The zero-order valence-electron chi connectivity index (χ0n) is 12.6. The predicted molar refractivity (Wildman–Crippen MR) is 82.3 cm³/mol. The van der Waals surface area contributed by atoms with E-state index in [2.05, 4.69) is 36.4 Å². The van der Waals surface area contributed by atoms with Gasteiger partial charge in [-0.05, 0) is 36.6 Å². The van der Waals surface area contributed by atoms with Gasteiger partial charge in [0.1, 0.15) is 0 Å². The van der Waals surface area contributed by atoms with Crippen molar-refractivity contribution >= 4 is 5.78 Å². The standard InChI is InChI=1S/C17H21N3O/c1-3-15-8-16(20(4-2)19-15)9-17(21)12-5-6-13-10-18-11-14(13)7-12/h5-8,18H,3-4,9-11H2,1-2H3. The molecule has 4 heteroatoms. The number of benzene rings is 1. The predicted octanol–water partition coefficient (Wildman–Crippen LogP) is 2.49.